The zero-order valence-electron chi connectivity index (χ0n) is 15.6. The molecule has 0 aromatic heterocycles. The number of halogens is 3. The summed E-state index contributed by atoms with van der Waals surface area (Å²) in [7, 11) is 1.51. The van der Waals surface area contributed by atoms with E-state index in [-0.39, 0.29) is 11.4 Å². The predicted molar refractivity (Wildman–Crippen MR) is 98.7 cm³/mol. The Labute approximate surface area is 152 Å². The maximum Gasteiger partial charge on any atom is 0.266 e. The molecule has 142 valence electrons. The van der Waals surface area contributed by atoms with Crippen LogP contribution in [-0.4, -0.2) is 25.4 Å². The van der Waals surface area contributed by atoms with Gasteiger partial charge in [-0.25, -0.2) is 13.2 Å². The van der Waals surface area contributed by atoms with Crippen molar-refractivity contribution in [1.29, 1.82) is 0 Å². The van der Waals surface area contributed by atoms with Crippen LogP contribution in [0.5, 0.6) is 5.75 Å². The lowest BCUT2D eigenvalue weighted by atomic mass is 9.95. The van der Waals surface area contributed by atoms with E-state index in [1.54, 1.807) is 24.3 Å². The van der Waals surface area contributed by atoms with Crippen LogP contribution >= 0.6 is 0 Å². The van der Waals surface area contributed by atoms with Gasteiger partial charge in [-0.3, -0.25) is 4.99 Å². The molecule has 2 rings (SSSR count). The fourth-order valence-corrected chi connectivity index (χ4v) is 2.73. The SMILES string of the molecule is COc1ccc(C(C)(C)F)cc1C(N)=NCC1=CC=C(C(C)(F)F)CC1. The van der Waals surface area contributed by atoms with Crippen LogP contribution in [0, 0.1) is 0 Å². The van der Waals surface area contributed by atoms with Crippen LogP contribution in [0.2, 0.25) is 0 Å². The van der Waals surface area contributed by atoms with Gasteiger partial charge in [0.15, 0.2) is 0 Å². The number of benzene rings is 1. The van der Waals surface area contributed by atoms with E-state index in [1.807, 2.05) is 0 Å². The van der Waals surface area contributed by atoms with Crippen LogP contribution in [-0.2, 0) is 5.67 Å². The lowest BCUT2D eigenvalue weighted by Crippen LogP contribution is -2.19. The summed E-state index contributed by atoms with van der Waals surface area (Å²) in [4.78, 5) is 4.34. The van der Waals surface area contributed by atoms with Crippen molar-refractivity contribution in [2.24, 2.45) is 10.7 Å². The first-order valence-electron chi connectivity index (χ1n) is 8.47. The van der Waals surface area contributed by atoms with Crippen LogP contribution in [0.4, 0.5) is 13.2 Å². The largest absolute Gasteiger partial charge is 0.496 e. The van der Waals surface area contributed by atoms with Crippen molar-refractivity contribution in [3.8, 4) is 5.75 Å². The molecule has 0 saturated heterocycles. The molecule has 2 N–H and O–H groups in total. The van der Waals surface area contributed by atoms with Gasteiger partial charge in [0, 0.05) is 6.92 Å². The Hall–Kier alpha value is -2.24. The molecule has 0 fully saturated rings. The second-order valence-corrected chi connectivity index (χ2v) is 6.99. The van der Waals surface area contributed by atoms with E-state index in [4.69, 9.17) is 10.5 Å². The van der Waals surface area contributed by atoms with E-state index in [2.05, 4.69) is 4.99 Å². The van der Waals surface area contributed by atoms with E-state index in [0.29, 0.717) is 36.3 Å². The summed E-state index contributed by atoms with van der Waals surface area (Å²) >= 11 is 0. The minimum atomic E-state index is -2.79. The number of hydrogen-bond acceptors (Lipinski definition) is 2. The lowest BCUT2D eigenvalue weighted by molar-refractivity contribution is 0.0593. The van der Waals surface area contributed by atoms with Gasteiger partial charge in [0.1, 0.15) is 17.3 Å². The van der Waals surface area contributed by atoms with Crippen LogP contribution in [0.15, 0.2) is 46.5 Å². The van der Waals surface area contributed by atoms with Gasteiger partial charge >= 0.3 is 0 Å². The normalized spacial score (nSPS) is 16.2. The molecule has 0 radical (unpaired) electrons. The zero-order valence-corrected chi connectivity index (χ0v) is 15.6. The average Bonchev–Trinajstić information content (AvgIpc) is 2.57. The molecular weight excluding hydrogens is 341 g/mol. The summed E-state index contributed by atoms with van der Waals surface area (Å²) in [5.74, 6) is -2.06. The number of alkyl halides is 3. The number of allylic oxidation sites excluding steroid dienone is 3. The van der Waals surface area contributed by atoms with Crippen LogP contribution in [0.1, 0.15) is 44.7 Å². The van der Waals surface area contributed by atoms with Crippen LogP contribution in [0.3, 0.4) is 0 Å². The van der Waals surface area contributed by atoms with Gasteiger partial charge in [0.2, 0.25) is 0 Å². The minimum Gasteiger partial charge on any atom is -0.496 e. The number of nitrogens with zero attached hydrogens (tertiary/aromatic N) is 1. The van der Waals surface area contributed by atoms with Gasteiger partial charge in [-0.1, -0.05) is 18.2 Å². The van der Waals surface area contributed by atoms with Gasteiger partial charge in [0.25, 0.3) is 5.92 Å². The van der Waals surface area contributed by atoms with Crippen molar-refractivity contribution in [2.45, 2.75) is 45.2 Å². The molecular formula is C20H25F3N2O. The predicted octanol–water partition coefficient (Wildman–Crippen LogP) is 4.91. The Morgan fingerprint density at radius 2 is 1.85 bits per heavy atom. The van der Waals surface area contributed by atoms with E-state index in [1.165, 1.54) is 27.0 Å². The third kappa shape index (κ3) is 4.90. The highest BCUT2D eigenvalue weighted by molar-refractivity contribution is 6.00. The highest BCUT2D eigenvalue weighted by Gasteiger charge is 2.28. The molecule has 0 spiro atoms. The number of aliphatic imine (C=N–C) groups is 1. The molecule has 1 aromatic rings. The van der Waals surface area contributed by atoms with Crippen LogP contribution < -0.4 is 10.5 Å². The van der Waals surface area contributed by atoms with E-state index in [9.17, 15) is 13.2 Å². The summed E-state index contributed by atoms with van der Waals surface area (Å²) in [5.41, 5.74) is 6.60. The van der Waals surface area contributed by atoms with Crippen molar-refractivity contribution in [3.05, 3.63) is 52.6 Å². The van der Waals surface area contributed by atoms with Crippen molar-refractivity contribution in [2.75, 3.05) is 13.7 Å². The first-order valence-corrected chi connectivity index (χ1v) is 8.47. The standard InChI is InChI=1S/C20H25F3N2O/c1-19(2,21)15-9-10-17(26-4)16(11-15)18(24)25-12-13-5-7-14(8-6-13)20(3,22)23/h5,7,9-11H,6,8,12H2,1-4H3,(H2,24,25). The van der Waals surface area contributed by atoms with E-state index < -0.39 is 11.6 Å². The molecule has 1 aromatic carbocycles. The Bertz CT molecular complexity index is 753. The second-order valence-electron chi connectivity index (χ2n) is 6.99. The smallest absolute Gasteiger partial charge is 0.266 e. The molecule has 1 aliphatic carbocycles. The number of methoxy groups -OCH3 is 1. The lowest BCUT2D eigenvalue weighted by Gasteiger charge is -2.19. The van der Waals surface area contributed by atoms with E-state index >= 15 is 0 Å². The summed E-state index contributed by atoms with van der Waals surface area (Å²) in [6.07, 6.45) is 3.95. The molecule has 0 bridgehead atoms. The molecule has 0 amide bonds. The highest BCUT2D eigenvalue weighted by Crippen LogP contribution is 2.32. The molecule has 1 aliphatic rings. The quantitative estimate of drug-likeness (QED) is 0.575. The van der Waals surface area contributed by atoms with Gasteiger partial charge in [0.05, 0.1) is 19.2 Å². The Morgan fingerprint density at radius 1 is 1.15 bits per heavy atom. The second kappa shape index (κ2) is 7.56. The number of amidine groups is 1. The van der Waals surface area contributed by atoms with Crippen LogP contribution in [0.25, 0.3) is 0 Å². The zero-order chi connectivity index (χ0) is 19.5. The third-order valence-corrected chi connectivity index (χ3v) is 4.41. The number of hydrogen-bond donors (Lipinski definition) is 1. The first-order chi connectivity index (χ1) is 12.0. The molecule has 0 aliphatic heterocycles. The van der Waals surface area contributed by atoms with Gasteiger partial charge in [-0.2, -0.15) is 0 Å². The number of nitrogens with two attached hydrogens (primary N) is 1. The minimum absolute atomic E-state index is 0.123. The van der Waals surface area contributed by atoms with Crippen molar-refractivity contribution >= 4 is 5.84 Å². The topological polar surface area (TPSA) is 47.6 Å². The Kier molecular flexibility index (Phi) is 5.84. The fraction of sp³-hybridized carbons (Fsp3) is 0.450. The van der Waals surface area contributed by atoms with Crippen molar-refractivity contribution in [3.63, 3.8) is 0 Å². The first kappa shape index (κ1) is 20.1. The molecule has 0 heterocycles. The highest BCUT2D eigenvalue weighted by atomic mass is 19.3. The monoisotopic (exact) mass is 366 g/mol. The molecule has 0 unspecified atom stereocenters. The summed E-state index contributed by atoms with van der Waals surface area (Å²) in [5, 5.41) is 0. The van der Waals surface area contributed by atoms with E-state index in [0.717, 1.165) is 12.5 Å². The maximum atomic E-state index is 14.2. The third-order valence-electron chi connectivity index (χ3n) is 4.41. The molecule has 6 heteroatoms. The summed E-state index contributed by atoms with van der Waals surface area (Å²) in [6.45, 7) is 4.13. The molecule has 0 atom stereocenters. The van der Waals surface area contributed by atoms with Gasteiger partial charge in [-0.15, -0.1) is 0 Å². The number of ether oxygens (including phenoxy) is 1. The summed E-state index contributed by atoms with van der Waals surface area (Å²) < 4.78 is 46.1. The fourth-order valence-electron chi connectivity index (χ4n) is 2.73. The van der Waals surface area contributed by atoms with Crippen molar-refractivity contribution < 1.29 is 17.9 Å². The molecule has 26 heavy (non-hydrogen) atoms. The maximum absolute atomic E-state index is 14.2. The average molecular weight is 366 g/mol. The molecule has 0 saturated carbocycles. The van der Waals surface area contributed by atoms with Crippen molar-refractivity contribution in [1.82, 2.24) is 0 Å². The number of rotatable bonds is 6. The van der Waals surface area contributed by atoms with Gasteiger partial charge < -0.3 is 10.5 Å². The molecule has 3 nitrogen and oxygen atoms in total. The Balaban J connectivity index is 2.22. The van der Waals surface area contributed by atoms with Gasteiger partial charge in [-0.05, 0) is 55.5 Å². The Morgan fingerprint density at radius 3 is 2.35 bits per heavy atom. The summed E-state index contributed by atoms with van der Waals surface area (Å²) in [6, 6.07) is 4.94.